The molecule has 1 fully saturated rings. The predicted octanol–water partition coefficient (Wildman–Crippen LogP) is 2.02. The molecule has 26 heavy (non-hydrogen) atoms. The van der Waals surface area contributed by atoms with E-state index in [0.717, 1.165) is 4.90 Å². The van der Waals surface area contributed by atoms with Crippen LogP contribution in [0.2, 0.25) is 0 Å². The Balaban J connectivity index is 1.54. The largest absolute Gasteiger partial charge is 0.397 e. The topological polar surface area (TPSA) is 103 Å². The lowest BCUT2D eigenvalue weighted by Gasteiger charge is -2.33. The molecule has 2 aromatic rings. The minimum absolute atomic E-state index is 0.0465. The van der Waals surface area contributed by atoms with Crippen molar-refractivity contribution in [2.24, 2.45) is 0 Å². The number of likely N-dealkylation sites (tertiary alicyclic amines) is 1. The molecule has 2 aromatic heterocycles. The van der Waals surface area contributed by atoms with Crippen LogP contribution in [0.3, 0.4) is 0 Å². The summed E-state index contributed by atoms with van der Waals surface area (Å²) in [5.41, 5.74) is 1.17. The number of halogens is 3. The van der Waals surface area contributed by atoms with Gasteiger partial charge in [0, 0.05) is 25.3 Å². The normalized spacial score (nSPS) is 18.0. The number of hydrogen-bond acceptors (Lipinski definition) is 4. The van der Waals surface area contributed by atoms with Crippen LogP contribution in [-0.2, 0) is 4.79 Å². The Morgan fingerprint density at radius 2 is 2.19 bits per heavy atom. The van der Waals surface area contributed by atoms with Gasteiger partial charge in [-0.1, -0.05) is 0 Å². The molecule has 1 unspecified atom stereocenters. The van der Waals surface area contributed by atoms with Gasteiger partial charge in [0.1, 0.15) is 11.9 Å². The van der Waals surface area contributed by atoms with Crippen molar-refractivity contribution in [1.82, 2.24) is 25.2 Å². The summed E-state index contributed by atoms with van der Waals surface area (Å²) in [5, 5.41) is 5.19. The zero-order chi connectivity index (χ0) is 18.7. The van der Waals surface area contributed by atoms with E-state index in [1.54, 1.807) is 12.3 Å². The van der Waals surface area contributed by atoms with Gasteiger partial charge >= 0.3 is 12.2 Å². The first kappa shape index (κ1) is 18.0. The molecule has 0 saturated carbocycles. The van der Waals surface area contributed by atoms with E-state index >= 15 is 0 Å². The van der Waals surface area contributed by atoms with E-state index < -0.39 is 30.6 Å². The summed E-state index contributed by atoms with van der Waals surface area (Å²) in [7, 11) is 0. The van der Waals surface area contributed by atoms with Crippen LogP contribution >= 0.6 is 0 Å². The maximum atomic E-state index is 12.4. The average Bonchev–Trinajstić information content (AvgIpc) is 3.01. The first-order valence-electron chi connectivity index (χ1n) is 8.02. The number of aromatic nitrogens is 3. The number of carbonyl (C=O) groups excluding carboxylic acids is 2. The Morgan fingerprint density at radius 1 is 1.38 bits per heavy atom. The lowest BCUT2D eigenvalue weighted by Crippen LogP contribution is -2.51. The Kier molecular flexibility index (Phi) is 4.96. The number of piperidine rings is 1. The fourth-order valence-corrected chi connectivity index (χ4v) is 2.83. The number of fused-ring (bicyclic) bond motifs is 1. The smallest absolute Gasteiger partial charge is 0.345 e. The van der Waals surface area contributed by atoms with Crippen LogP contribution in [0.15, 0.2) is 18.5 Å². The number of amides is 3. The number of hydrogen-bond donors (Lipinski definition) is 3. The number of aromatic amines is 1. The SMILES string of the molecule is O=C(Nc1cnc2[nH]ccc2n1)NC1CCCN(C(=O)CC(F)(F)F)C1. The molecule has 1 aliphatic heterocycles. The fraction of sp³-hybridized carbons (Fsp3) is 0.467. The highest BCUT2D eigenvalue weighted by Gasteiger charge is 2.35. The molecular weight excluding hydrogens is 353 g/mol. The standard InChI is InChI=1S/C15H17F3N6O2/c16-15(17,18)6-12(25)24-5-1-2-9(8-24)21-14(26)23-11-7-20-13-10(22-11)3-4-19-13/h3-4,7,9H,1-2,5-6,8H2,(H,19,20)(H2,21,22,23,26). The molecule has 11 heteroatoms. The van der Waals surface area contributed by atoms with Gasteiger partial charge < -0.3 is 15.2 Å². The van der Waals surface area contributed by atoms with Gasteiger partial charge in [0.25, 0.3) is 0 Å². The van der Waals surface area contributed by atoms with Crippen LogP contribution < -0.4 is 10.6 Å². The maximum absolute atomic E-state index is 12.4. The average molecular weight is 370 g/mol. The van der Waals surface area contributed by atoms with Crippen molar-refractivity contribution in [3.63, 3.8) is 0 Å². The lowest BCUT2D eigenvalue weighted by atomic mass is 10.1. The van der Waals surface area contributed by atoms with Gasteiger partial charge in [-0.15, -0.1) is 0 Å². The molecule has 3 amide bonds. The summed E-state index contributed by atoms with van der Waals surface area (Å²) in [5.74, 6) is -0.733. The summed E-state index contributed by atoms with van der Waals surface area (Å²) < 4.78 is 37.1. The maximum Gasteiger partial charge on any atom is 0.397 e. The first-order valence-corrected chi connectivity index (χ1v) is 8.02. The van der Waals surface area contributed by atoms with Gasteiger partial charge in [0.15, 0.2) is 11.5 Å². The molecule has 0 aliphatic carbocycles. The molecule has 0 spiro atoms. The van der Waals surface area contributed by atoms with E-state index in [1.807, 2.05) is 0 Å². The second kappa shape index (κ2) is 7.18. The lowest BCUT2D eigenvalue weighted by molar-refractivity contribution is -0.162. The van der Waals surface area contributed by atoms with Crippen molar-refractivity contribution >= 4 is 28.9 Å². The Labute approximate surface area is 146 Å². The van der Waals surface area contributed by atoms with E-state index in [1.165, 1.54) is 6.20 Å². The Hall–Kier alpha value is -2.85. The van der Waals surface area contributed by atoms with Gasteiger partial charge in [-0.3, -0.25) is 10.1 Å². The number of anilines is 1. The third-order valence-electron chi connectivity index (χ3n) is 3.96. The molecule has 1 atom stereocenters. The van der Waals surface area contributed by atoms with E-state index in [-0.39, 0.29) is 18.9 Å². The number of urea groups is 1. The van der Waals surface area contributed by atoms with Crippen molar-refractivity contribution in [3.05, 3.63) is 18.5 Å². The molecule has 3 rings (SSSR count). The van der Waals surface area contributed by atoms with Crippen LogP contribution in [0.4, 0.5) is 23.8 Å². The monoisotopic (exact) mass is 370 g/mol. The minimum Gasteiger partial charge on any atom is -0.345 e. The van der Waals surface area contributed by atoms with Crippen LogP contribution in [0.1, 0.15) is 19.3 Å². The first-order chi connectivity index (χ1) is 12.3. The molecule has 1 aliphatic rings. The van der Waals surface area contributed by atoms with E-state index in [4.69, 9.17) is 0 Å². The number of nitrogens with zero attached hydrogens (tertiary/aromatic N) is 3. The summed E-state index contributed by atoms with van der Waals surface area (Å²) >= 11 is 0. The van der Waals surface area contributed by atoms with Crippen LogP contribution in [0.5, 0.6) is 0 Å². The molecule has 1 saturated heterocycles. The molecule has 3 N–H and O–H groups in total. The Morgan fingerprint density at radius 3 is 2.96 bits per heavy atom. The number of H-pyrrole nitrogens is 1. The highest BCUT2D eigenvalue weighted by Crippen LogP contribution is 2.22. The summed E-state index contributed by atoms with van der Waals surface area (Å²) in [6.45, 7) is 0.301. The zero-order valence-corrected chi connectivity index (χ0v) is 13.6. The molecule has 140 valence electrons. The molecule has 0 radical (unpaired) electrons. The van der Waals surface area contributed by atoms with Crippen molar-refractivity contribution in [2.45, 2.75) is 31.5 Å². The van der Waals surface area contributed by atoms with E-state index in [2.05, 4.69) is 25.6 Å². The number of carbonyl (C=O) groups is 2. The van der Waals surface area contributed by atoms with Gasteiger partial charge in [-0.05, 0) is 18.9 Å². The quantitative estimate of drug-likeness (QED) is 0.769. The summed E-state index contributed by atoms with van der Waals surface area (Å²) in [6.07, 6.45) is -1.88. The number of nitrogens with one attached hydrogen (secondary N) is 3. The summed E-state index contributed by atoms with van der Waals surface area (Å²) in [6, 6.07) is 0.727. The molecule has 3 heterocycles. The van der Waals surface area contributed by atoms with E-state index in [0.29, 0.717) is 24.0 Å². The number of alkyl halides is 3. The third kappa shape index (κ3) is 4.61. The van der Waals surface area contributed by atoms with E-state index in [9.17, 15) is 22.8 Å². The highest BCUT2D eigenvalue weighted by atomic mass is 19.4. The summed E-state index contributed by atoms with van der Waals surface area (Å²) in [4.78, 5) is 36.1. The van der Waals surface area contributed by atoms with Crippen molar-refractivity contribution in [2.75, 3.05) is 18.4 Å². The van der Waals surface area contributed by atoms with Crippen molar-refractivity contribution < 1.29 is 22.8 Å². The predicted molar refractivity (Wildman–Crippen MR) is 86.3 cm³/mol. The van der Waals surface area contributed by atoms with Crippen LogP contribution in [0.25, 0.3) is 11.2 Å². The molecule has 0 aromatic carbocycles. The highest BCUT2D eigenvalue weighted by molar-refractivity contribution is 5.89. The van der Waals surface area contributed by atoms with Crippen molar-refractivity contribution in [1.29, 1.82) is 0 Å². The minimum atomic E-state index is -4.54. The van der Waals surface area contributed by atoms with Crippen LogP contribution in [0, 0.1) is 0 Å². The van der Waals surface area contributed by atoms with Gasteiger partial charge in [-0.2, -0.15) is 13.2 Å². The Bertz CT molecular complexity index is 806. The van der Waals surface area contributed by atoms with Gasteiger partial charge in [0.05, 0.1) is 6.20 Å². The molecule has 0 bridgehead atoms. The fourth-order valence-electron chi connectivity index (χ4n) is 2.83. The van der Waals surface area contributed by atoms with Gasteiger partial charge in [0.2, 0.25) is 5.91 Å². The molecule has 8 nitrogen and oxygen atoms in total. The van der Waals surface area contributed by atoms with Crippen molar-refractivity contribution in [3.8, 4) is 0 Å². The zero-order valence-electron chi connectivity index (χ0n) is 13.6. The second-order valence-corrected chi connectivity index (χ2v) is 6.04. The molecular formula is C15H17F3N6O2. The second-order valence-electron chi connectivity index (χ2n) is 6.04. The number of rotatable bonds is 3. The van der Waals surface area contributed by atoms with Crippen LogP contribution in [-0.4, -0.2) is 57.1 Å². The third-order valence-corrected chi connectivity index (χ3v) is 3.96. The van der Waals surface area contributed by atoms with Gasteiger partial charge in [-0.25, -0.2) is 14.8 Å².